The summed E-state index contributed by atoms with van der Waals surface area (Å²) in [6.45, 7) is 6.66. The Morgan fingerprint density at radius 1 is 1.40 bits per heavy atom. The smallest absolute Gasteiger partial charge is 0.288 e. The van der Waals surface area contributed by atoms with Gasteiger partial charge in [0.2, 0.25) is 0 Å². The predicted molar refractivity (Wildman–Crippen MR) is 83.6 cm³/mol. The van der Waals surface area contributed by atoms with Crippen molar-refractivity contribution in [1.29, 1.82) is 0 Å². The summed E-state index contributed by atoms with van der Waals surface area (Å²) in [6, 6.07) is 0. The molecule has 1 aliphatic rings. The zero-order valence-corrected chi connectivity index (χ0v) is 13.3. The van der Waals surface area contributed by atoms with E-state index >= 15 is 0 Å². The second kappa shape index (κ2) is 6.17. The van der Waals surface area contributed by atoms with Gasteiger partial charge in [-0.2, -0.15) is 5.10 Å². The first-order valence-electron chi connectivity index (χ1n) is 7.42. The average Bonchev–Trinajstić information content (AvgIpc) is 2.86. The van der Waals surface area contributed by atoms with Gasteiger partial charge in [-0.05, 0) is 33.1 Å². The minimum absolute atomic E-state index is 0.231. The van der Waals surface area contributed by atoms with Crippen LogP contribution in [0, 0.1) is 5.92 Å². The topological polar surface area (TPSA) is 46.9 Å². The lowest BCUT2D eigenvalue weighted by atomic mass is 10.0. The van der Waals surface area contributed by atoms with E-state index in [0.717, 1.165) is 18.9 Å². The quantitative estimate of drug-likeness (QED) is 0.923. The van der Waals surface area contributed by atoms with Crippen molar-refractivity contribution in [2.45, 2.75) is 58.4 Å². The van der Waals surface area contributed by atoms with Gasteiger partial charge in [0.1, 0.15) is 5.02 Å². The van der Waals surface area contributed by atoms with Crippen LogP contribution in [-0.2, 0) is 5.54 Å². The van der Waals surface area contributed by atoms with Gasteiger partial charge in [0, 0.05) is 6.54 Å². The summed E-state index contributed by atoms with van der Waals surface area (Å²) in [5.74, 6) is 0.823. The van der Waals surface area contributed by atoms with Crippen LogP contribution >= 0.6 is 11.6 Å². The summed E-state index contributed by atoms with van der Waals surface area (Å²) in [5, 5.41) is 7.71. The van der Waals surface area contributed by atoms with Crippen molar-refractivity contribution in [3.8, 4) is 0 Å². The molecule has 1 aromatic rings. The Morgan fingerprint density at radius 2 is 2.05 bits per heavy atom. The second-order valence-corrected chi connectivity index (χ2v) is 7.00. The van der Waals surface area contributed by atoms with E-state index in [-0.39, 0.29) is 16.1 Å². The number of aromatic nitrogens is 2. The number of nitrogens with one attached hydrogen (secondary N) is 1. The summed E-state index contributed by atoms with van der Waals surface area (Å²) in [4.78, 5) is 12.2. The van der Waals surface area contributed by atoms with Crippen molar-refractivity contribution in [1.82, 2.24) is 9.78 Å². The molecule has 1 N–H and O–H groups in total. The number of hydrogen-bond donors (Lipinski definition) is 1. The monoisotopic (exact) mass is 297 g/mol. The molecule has 1 saturated carbocycles. The number of rotatable bonds is 4. The van der Waals surface area contributed by atoms with Gasteiger partial charge in [-0.1, -0.05) is 37.3 Å². The van der Waals surface area contributed by atoms with E-state index in [2.05, 4.69) is 10.4 Å². The van der Waals surface area contributed by atoms with Gasteiger partial charge in [-0.3, -0.25) is 4.79 Å². The zero-order chi connectivity index (χ0) is 14.8. The van der Waals surface area contributed by atoms with Gasteiger partial charge in [0.15, 0.2) is 0 Å². The SMILES string of the molecule is CC(C)(C)n1ncc(NCCC2CCCC2)c(Cl)c1=O. The van der Waals surface area contributed by atoms with E-state index in [1.54, 1.807) is 6.20 Å². The van der Waals surface area contributed by atoms with Gasteiger partial charge in [0.25, 0.3) is 5.56 Å². The molecule has 4 nitrogen and oxygen atoms in total. The van der Waals surface area contributed by atoms with Crippen LogP contribution in [-0.4, -0.2) is 16.3 Å². The Labute approximate surface area is 125 Å². The van der Waals surface area contributed by atoms with Crippen molar-refractivity contribution in [3.05, 3.63) is 21.6 Å². The fourth-order valence-corrected chi connectivity index (χ4v) is 2.94. The highest BCUT2D eigenvalue weighted by Gasteiger charge is 2.19. The lowest BCUT2D eigenvalue weighted by Crippen LogP contribution is -2.36. The lowest BCUT2D eigenvalue weighted by molar-refractivity contribution is 0.338. The molecule has 1 fully saturated rings. The fourth-order valence-electron chi connectivity index (χ4n) is 2.74. The molecule has 0 radical (unpaired) electrons. The molecular weight excluding hydrogens is 274 g/mol. The van der Waals surface area contributed by atoms with E-state index in [1.165, 1.54) is 30.4 Å². The highest BCUT2D eigenvalue weighted by atomic mass is 35.5. The number of anilines is 1. The maximum Gasteiger partial charge on any atom is 0.288 e. The fraction of sp³-hybridized carbons (Fsp3) is 0.733. The van der Waals surface area contributed by atoms with Crippen LogP contribution in [0.5, 0.6) is 0 Å². The second-order valence-electron chi connectivity index (χ2n) is 6.63. The summed E-state index contributed by atoms with van der Waals surface area (Å²) in [7, 11) is 0. The standard InChI is InChI=1S/C15H24ClN3O/c1-15(2,3)19-14(20)13(16)12(10-18-19)17-9-8-11-6-4-5-7-11/h10-11,17H,4-9H2,1-3H3. The summed E-state index contributed by atoms with van der Waals surface area (Å²) in [6.07, 6.45) is 8.17. The highest BCUT2D eigenvalue weighted by molar-refractivity contribution is 6.32. The molecule has 1 aliphatic carbocycles. The largest absolute Gasteiger partial charge is 0.382 e. The molecule has 0 aliphatic heterocycles. The average molecular weight is 298 g/mol. The molecule has 1 aromatic heterocycles. The number of hydrogen-bond acceptors (Lipinski definition) is 3. The Bertz CT molecular complexity index is 513. The molecule has 0 bridgehead atoms. The number of halogens is 1. The van der Waals surface area contributed by atoms with E-state index in [9.17, 15) is 4.79 Å². The first kappa shape index (κ1) is 15.4. The molecule has 0 aromatic carbocycles. The molecule has 0 amide bonds. The van der Waals surface area contributed by atoms with E-state index in [4.69, 9.17) is 11.6 Å². The Balaban J connectivity index is 2.02. The van der Waals surface area contributed by atoms with Crippen molar-refractivity contribution in [3.63, 3.8) is 0 Å². The number of nitrogens with zero attached hydrogens (tertiary/aromatic N) is 2. The van der Waals surface area contributed by atoms with Crippen molar-refractivity contribution >= 4 is 17.3 Å². The molecule has 1 heterocycles. The molecule has 20 heavy (non-hydrogen) atoms. The molecular formula is C15H24ClN3O. The molecule has 0 unspecified atom stereocenters. The van der Waals surface area contributed by atoms with Crippen LogP contribution in [0.25, 0.3) is 0 Å². The predicted octanol–water partition coefficient (Wildman–Crippen LogP) is 3.64. The summed E-state index contributed by atoms with van der Waals surface area (Å²) in [5.41, 5.74) is 0.0588. The highest BCUT2D eigenvalue weighted by Crippen LogP contribution is 2.27. The van der Waals surface area contributed by atoms with Crippen molar-refractivity contribution in [2.75, 3.05) is 11.9 Å². The van der Waals surface area contributed by atoms with Gasteiger partial charge in [-0.15, -0.1) is 0 Å². The zero-order valence-electron chi connectivity index (χ0n) is 12.6. The Kier molecular flexibility index (Phi) is 4.74. The third-order valence-corrected chi connectivity index (χ3v) is 4.26. The van der Waals surface area contributed by atoms with Crippen LogP contribution < -0.4 is 10.9 Å². The van der Waals surface area contributed by atoms with Crippen LogP contribution in [0.4, 0.5) is 5.69 Å². The maximum absolute atomic E-state index is 12.2. The first-order valence-corrected chi connectivity index (χ1v) is 7.79. The molecule has 112 valence electrons. The maximum atomic E-state index is 12.2. The van der Waals surface area contributed by atoms with Crippen LogP contribution in [0.1, 0.15) is 52.9 Å². The summed E-state index contributed by atoms with van der Waals surface area (Å²) >= 11 is 6.16. The first-order chi connectivity index (χ1) is 9.39. The summed E-state index contributed by atoms with van der Waals surface area (Å²) < 4.78 is 1.43. The minimum Gasteiger partial charge on any atom is -0.382 e. The molecule has 0 saturated heterocycles. The Hall–Kier alpha value is -1.03. The van der Waals surface area contributed by atoms with Gasteiger partial charge < -0.3 is 5.32 Å². The lowest BCUT2D eigenvalue weighted by Gasteiger charge is -2.21. The van der Waals surface area contributed by atoms with Gasteiger partial charge in [0.05, 0.1) is 17.4 Å². The molecule has 2 rings (SSSR count). The third kappa shape index (κ3) is 3.54. The minimum atomic E-state index is -0.358. The van der Waals surface area contributed by atoms with Crippen molar-refractivity contribution < 1.29 is 0 Å². The Morgan fingerprint density at radius 3 is 2.65 bits per heavy atom. The van der Waals surface area contributed by atoms with E-state index < -0.39 is 0 Å². The molecule has 5 heteroatoms. The van der Waals surface area contributed by atoms with E-state index in [0.29, 0.717) is 5.69 Å². The van der Waals surface area contributed by atoms with Gasteiger partial charge >= 0.3 is 0 Å². The normalized spacial score (nSPS) is 16.6. The van der Waals surface area contributed by atoms with Crippen molar-refractivity contribution in [2.24, 2.45) is 5.92 Å². The van der Waals surface area contributed by atoms with Gasteiger partial charge in [-0.25, -0.2) is 4.68 Å². The van der Waals surface area contributed by atoms with Crippen LogP contribution in [0.15, 0.2) is 11.0 Å². The molecule has 0 atom stereocenters. The third-order valence-electron chi connectivity index (χ3n) is 3.90. The van der Waals surface area contributed by atoms with Crippen LogP contribution in [0.2, 0.25) is 5.02 Å². The molecule has 0 spiro atoms. The van der Waals surface area contributed by atoms with E-state index in [1.807, 2.05) is 20.8 Å². The van der Waals surface area contributed by atoms with Crippen LogP contribution in [0.3, 0.4) is 0 Å².